The summed E-state index contributed by atoms with van der Waals surface area (Å²) < 4.78 is 8.01. The van der Waals surface area contributed by atoms with Crippen LogP contribution in [-0.2, 0) is 21.6 Å². The van der Waals surface area contributed by atoms with Crippen LogP contribution >= 0.6 is 11.6 Å². The highest BCUT2D eigenvalue weighted by atomic mass is 35.5. The lowest BCUT2D eigenvalue weighted by Gasteiger charge is -2.57. The minimum Gasteiger partial charge on any atom is -0.489 e. The molecule has 0 unspecified atom stereocenters. The van der Waals surface area contributed by atoms with Crippen LogP contribution < -0.4 is 15.0 Å². The lowest BCUT2D eigenvalue weighted by atomic mass is 9.48. The van der Waals surface area contributed by atoms with E-state index in [2.05, 4.69) is 22.0 Å². The van der Waals surface area contributed by atoms with Crippen LogP contribution in [0.4, 0.5) is 10.5 Å². The Hall–Kier alpha value is -4.62. The summed E-state index contributed by atoms with van der Waals surface area (Å²) in [4.78, 5) is 40.9. The number of rotatable bonds is 7. The molecule has 9 rings (SSSR count). The molecule has 4 bridgehead atoms. The van der Waals surface area contributed by atoms with Crippen LogP contribution in [0.3, 0.4) is 0 Å². The molecule has 4 amide bonds. The van der Waals surface area contributed by atoms with Gasteiger partial charge in [-0.3, -0.25) is 14.9 Å². The fourth-order valence-electron chi connectivity index (χ4n) is 9.27. The molecule has 2 heterocycles. The fraction of sp³-hybridized carbons (Fsp3) is 0.325. The van der Waals surface area contributed by atoms with Crippen molar-refractivity contribution >= 4 is 41.2 Å². The first kappa shape index (κ1) is 30.7. The highest BCUT2D eigenvalue weighted by molar-refractivity contribution is 6.39. The van der Waals surface area contributed by atoms with Gasteiger partial charge in [-0.2, -0.15) is 0 Å². The summed E-state index contributed by atoms with van der Waals surface area (Å²) in [6.07, 6.45) is 9.42. The van der Waals surface area contributed by atoms with Gasteiger partial charge in [0.2, 0.25) is 0 Å². The number of hydrogen-bond donors (Lipinski definition) is 1. The van der Waals surface area contributed by atoms with Crippen LogP contribution in [0.5, 0.6) is 5.75 Å². The Labute approximate surface area is 285 Å². The van der Waals surface area contributed by atoms with E-state index in [1.165, 1.54) is 44.1 Å². The minimum absolute atomic E-state index is 0.0802. The number of carbonyl (C=O) groups excluding carboxylic acids is 3. The van der Waals surface area contributed by atoms with Crippen molar-refractivity contribution in [3.05, 3.63) is 118 Å². The molecule has 1 aliphatic heterocycles. The van der Waals surface area contributed by atoms with Gasteiger partial charge in [0.05, 0.1) is 5.69 Å². The number of nitrogens with one attached hydrogen (secondary N) is 1. The van der Waals surface area contributed by atoms with Gasteiger partial charge in [0.15, 0.2) is 0 Å². The smallest absolute Gasteiger partial charge is 0.335 e. The number of nitrogens with zero attached hydrogens (tertiary/aromatic N) is 2. The average Bonchev–Trinajstić information content (AvgIpc) is 3.34. The summed E-state index contributed by atoms with van der Waals surface area (Å²) in [5.74, 6) is 1.86. The maximum absolute atomic E-state index is 13.8. The molecule has 244 valence electrons. The minimum atomic E-state index is -0.730. The zero-order valence-corrected chi connectivity index (χ0v) is 27.9. The molecule has 4 aromatic rings. The van der Waals surface area contributed by atoms with Crippen molar-refractivity contribution in [2.45, 2.75) is 64.4 Å². The molecule has 0 radical (unpaired) electrons. The Morgan fingerprint density at radius 1 is 0.854 bits per heavy atom. The van der Waals surface area contributed by atoms with Gasteiger partial charge in [0.1, 0.15) is 17.9 Å². The van der Waals surface area contributed by atoms with Crippen LogP contribution in [0.2, 0.25) is 5.02 Å². The molecule has 0 spiro atoms. The second-order valence-corrected chi connectivity index (χ2v) is 14.6. The van der Waals surface area contributed by atoms with Gasteiger partial charge >= 0.3 is 6.03 Å². The number of barbiturate groups is 1. The van der Waals surface area contributed by atoms with E-state index in [0.29, 0.717) is 23.1 Å². The van der Waals surface area contributed by atoms with Crippen molar-refractivity contribution in [3.8, 4) is 11.4 Å². The fourth-order valence-corrected chi connectivity index (χ4v) is 9.47. The van der Waals surface area contributed by atoms with Crippen LogP contribution in [0.25, 0.3) is 11.8 Å². The second-order valence-electron chi connectivity index (χ2n) is 14.2. The lowest BCUT2D eigenvalue weighted by molar-refractivity contribution is -0.122. The van der Waals surface area contributed by atoms with Crippen molar-refractivity contribution < 1.29 is 19.1 Å². The molecule has 3 aromatic carbocycles. The summed E-state index contributed by atoms with van der Waals surface area (Å²) in [5.41, 5.74) is 6.24. The van der Waals surface area contributed by atoms with Crippen molar-refractivity contribution in [3.63, 3.8) is 0 Å². The van der Waals surface area contributed by atoms with Gasteiger partial charge in [-0.1, -0.05) is 41.9 Å². The molecule has 7 nitrogen and oxygen atoms in total. The first-order chi connectivity index (χ1) is 23.2. The summed E-state index contributed by atoms with van der Waals surface area (Å²) in [5, 5.41) is 3.05. The average molecular weight is 660 g/mol. The number of amides is 4. The van der Waals surface area contributed by atoms with Gasteiger partial charge in [0, 0.05) is 27.7 Å². The molecule has 8 heteroatoms. The number of ether oxygens (including phenoxy) is 1. The van der Waals surface area contributed by atoms with Gasteiger partial charge < -0.3 is 9.30 Å². The molecule has 5 fully saturated rings. The number of imide groups is 2. The largest absolute Gasteiger partial charge is 0.489 e. The molecule has 1 saturated heterocycles. The van der Waals surface area contributed by atoms with Crippen LogP contribution in [0, 0.1) is 31.6 Å². The van der Waals surface area contributed by atoms with E-state index in [4.69, 9.17) is 16.3 Å². The van der Waals surface area contributed by atoms with E-state index in [0.717, 1.165) is 50.9 Å². The third-order valence-corrected chi connectivity index (χ3v) is 11.5. The molecular formula is C40H38ClN3O4. The van der Waals surface area contributed by atoms with Gasteiger partial charge in [-0.05, 0) is 141 Å². The van der Waals surface area contributed by atoms with E-state index in [1.54, 1.807) is 6.08 Å². The van der Waals surface area contributed by atoms with E-state index in [9.17, 15) is 14.4 Å². The Balaban J connectivity index is 1.02. The van der Waals surface area contributed by atoms with Crippen LogP contribution in [0.15, 0.2) is 84.4 Å². The first-order valence-electron chi connectivity index (χ1n) is 16.8. The van der Waals surface area contributed by atoms with Crippen molar-refractivity contribution in [2.24, 2.45) is 17.8 Å². The standard InChI is InChI=1S/C40H38ClN3O4/c1-24-15-30(25(2)43(24)32-11-13-34(14-12-32)48-23-29-5-3-4-6-36(29)41)19-35-37(45)42-39(47)44(38(35)46)33-9-7-31(8-10-33)40-20-26-16-27(21-40)18-28(17-26)22-40/h3-15,19,26-28H,16-18,20-23H2,1-2H3,(H,42,45,47)/b35-19+. The lowest BCUT2D eigenvalue weighted by Crippen LogP contribution is -2.54. The SMILES string of the molecule is Cc1cc(/C=C2\C(=O)NC(=O)N(c3ccc(C45CC6CC(CC(C6)C4)C5)cc3)C2=O)c(C)n1-c1ccc(OCc2ccccc2Cl)cc1. The monoisotopic (exact) mass is 659 g/mol. The maximum atomic E-state index is 13.8. The van der Waals surface area contributed by atoms with Gasteiger partial charge in [-0.15, -0.1) is 0 Å². The molecule has 4 saturated carbocycles. The van der Waals surface area contributed by atoms with Crippen molar-refractivity contribution in [1.82, 2.24) is 9.88 Å². The molecular weight excluding hydrogens is 622 g/mol. The predicted octanol–water partition coefficient (Wildman–Crippen LogP) is 8.46. The Morgan fingerprint density at radius 2 is 1.48 bits per heavy atom. The molecule has 4 aliphatic carbocycles. The Kier molecular flexibility index (Phi) is 7.55. The summed E-state index contributed by atoms with van der Waals surface area (Å²) in [6.45, 7) is 4.28. The quantitative estimate of drug-likeness (QED) is 0.159. The van der Waals surface area contributed by atoms with E-state index in [-0.39, 0.29) is 11.0 Å². The van der Waals surface area contributed by atoms with Crippen LogP contribution in [0.1, 0.15) is 66.6 Å². The number of anilines is 1. The molecule has 0 atom stereocenters. The number of hydrogen-bond acceptors (Lipinski definition) is 4. The number of aromatic nitrogens is 1. The summed E-state index contributed by atoms with van der Waals surface area (Å²) in [6, 6.07) is 24.5. The number of aryl methyl sites for hydroxylation is 1. The first-order valence-corrected chi connectivity index (χ1v) is 17.2. The summed E-state index contributed by atoms with van der Waals surface area (Å²) in [7, 11) is 0. The molecule has 1 N–H and O–H groups in total. The third-order valence-electron chi connectivity index (χ3n) is 11.1. The number of carbonyl (C=O) groups is 3. The molecule has 5 aliphatic rings. The maximum Gasteiger partial charge on any atom is 0.335 e. The van der Waals surface area contributed by atoms with E-state index in [1.807, 2.05) is 80.6 Å². The van der Waals surface area contributed by atoms with Crippen LogP contribution in [-0.4, -0.2) is 22.4 Å². The van der Waals surface area contributed by atoms with E-state index >= 15 is 0 Å². The predicted molar refractivity (Wildman–Crippen MR) is 186 cm³/mol. The normalized spacial score (nSPS) is 25.6. The summed E-state index contributed by atoms with van der Waals surface area (Å²) >= 11 is 6.27. The molecule has 1 aromatic heterocycles. The van der Waals surface area contributed by atoms with Gasteiger partial charge in [-0.25, -0.2) is 9.69 Å². The highest BCUT2D eigenvalue weighted by Gasteiger charge is 2.51. The topological polar surface area (TPSA) is 80.6 Å². The highest BCUT2D eigenvalue weighted by Crippen LogP contribution is 2.60. The number of urea groups is 1. The third kappa shape index (κ3) is 5.34. The van der Waals surface area contributed by atoms with Crippen molar-refractivity contribution in [1.29, 1.82) is 0 Å². The number of halogens is 1. The zero-order valence-electron chi connectivity index (χ0n) is 27.2. The number of benzene rings is 3. The molecule has 48 heavy (non-hydrogen) atoms. The van der Waals surface area contributed by atoms with Gasteiger partial charge in [0.25, 0.3) is 11.8 Å². The Bertz CT molecular complexity index is 1940. The Morgan fingerprint density at radius 3 is 2.12 bits per heavy atom. The second kappa shape index (κ2) is 11.8. The van der Waals surface area contributed by atoms with Crippen molar-refractivity contribution in [2.75, 3.05) is 4.90 Å². The zero-order chi connectivity index (χ0) is 33.2. The van der Waals surface area contributed by atoms with E-state index < -0.39 is 17.8 Å².